The normalized spacial score (nSPS) is 13.3. The highest BCUT2D eigenvalue weighted by molar-refractivity contribution is 5.76. The molecule has 0 bridgehead atoms. The van der Waals surface area contributed by atoms with Crippen LogP contribution in [-0.2, 0) is 4.79 Å². The molecule has 4 nitrogen and oxygen atoms in total. The van der Waals surface area contributed by atoms with Gasteiger partial charge in [-0.25, -0.2) is 0 Å². The largest absolute Gasteiger partial charge is 0.394 e. The van der Waals surface area contributed by atoms with Crippen molar-refractivity contribution < 1.29 is 15.0 Å². The van der Waals surface area contributed by atoms with Crippen LogP contribution in [0.1, 0.15) is 245 Å². The topological polar surface area (TPSA) is 69.6 Å². The first-order valence-corrected chi connectivity index (χ1v) is 23.9. The Morgan fingerprint density at radius 1 is 0.426 bits per heavy atom. The first kappa shape index (κ1) is 52.3. The molecular formula is C50H93NO3. The second-order valence-electron chi connectivity index (χ2n) is 16.2. The minimum absolute atomic E-state index is 0.0804. The molecule has 2 atom stereocenters. The zero-order valence-electron chi connectivity index (χ0n) is 36.2. The number of hydrogen-bond acceptors (Lipinski definition) is 3. The second-order valence-corrected chi connectivity index (χ2v) is 16.2. The van der Waals surface area contributed by atoms with E-state index in [0.29, 0.717) is 6.42 Å². The molecule has 0 aromatic rings. The van der Waals surface area contributed by atoms with Crippen molar-refractivity contribution >= 4 is 5.91 Å². The smallest absolute Gasteiger partial charge is 0.220 e. The van der Waals surface area contributed by atoms with E-state index in [2.05, 4.69) is 55.6 Å². The average molecular weight is 756 g/mol. The summed E-state index contributed by atoms with van der Waals surface area (Å²) in [6.07, 6.45) is 62.3. The van der Waals surface area contributed by atoms with Crippen molar-refractivity contribution in [1.29, 1.82) is 0 Å². The van der Waals surface area contributed by atoms with E-state index >= 15 is 0 Å². The van der Waals surface area contributed by atoms with Crippen molar-refractivity contribution in [3.8, 4) is 0 Å². The monoisotopic (exact) mass is 756 g/mol. The maximum atomic E-state index is 12.4. The number of nitrogens with one attached hydrogen (secondary N) is 1. The lowest BCUT2D eigenvalue weighted by Crippen LogP contribution is -2.45. The molecule has 1 amide bonds. The Morgan fingerprint density at radius 3 is 1.07 bits per heavy atom. The van der Waals surface area contributed by atoms with E-state index in [-0.39, 0.29) is 12.5 Å². The number of hydrogen-bond donors (Lipinski definition) is 3. The van der Waals surface area contributed by atoms with E-state index in [9.17, 15) is 15.0 Å². The van der Waals surface area contributed by atoms with Crippen molar-refractivity contribution in [1.82, 2.24) is 5.32 Å². The molecule has 0 aliphatic carbocycles. The molecule has 0 radical (unpaired) electrons. The SMILES string of the molecule is CCCCCCCCCC/C=C/CC/C=C/CC/C=C/C(O)C(CO)NC(=O)CCCCCCCCCC/C=C\CCCCCCCCCCCCCC. The van der Waals surface area contributed by atoms with Crippen LogP contribution >= 0.6 is 0 Å². The Bertz CT molecular complexity index is 862. The Hall–Kier alpha value is -1.65. The summed E-state index contributed by atoms with van der Waals surface area (Å²) in [5, 5.41) is 23.0. The lowest BCUT2D eigenvalue weighted by Gasteiger charge is -2.19. The lowest BCUT2D eigenvalue weighted by molar-refractivity contribution is -0.123. The Kier molecular flexibility index (Phi) is 44.3. The van der Waals surface area contributed by atoms with Crippen LogP contribution in [0.2, 0.25) is 0 Å². The summed E-state index contributed by atoms with van der Waals surface area (Å²) in [4.78, 5) is 12.4. The standard InChI is InChI=1S/C50H93NO3/c1-3-5-7-9-11-13-15-17-19-21-23-24-25-26-27-28-30-32-34-36-38-40-42-44-46-50(54)51-48(47-52)49(53)45-43-41-39-37-35-33-31-29-22-20-18-16-14-12-10-8-6-4-2/h22,26-27,29,35,37,43,45,48-49,52-53H,3-21,23-25,28,30-34,36,38-42,44,46-47H2,1-2H3,(H,51,54)/b27-26-,29-22+,37-35+,45-43+. The van der Waals surface area contributed by atoms with Gasteiger partial charge in [-0.15, -0.1) is 0 Å². The van der Waals surface area contributed by atoms with Gasteiger partial charge in [-0.1, -0.05) is 217 Å². The molecule has 0 aromatic heterocycles. The molecule has 4 heteroatoms. The number of rotatable bonds is 43. The molecule has 0 spiro atoms. The molecular weight excluding hydrogens is 663 g/mol. The highest BCUT2D eigenvalue weighted by Gasteiger charge is 2.17. The number of unbranched alkanes of at least 4 members (excludes halogenated alkanes) is 30. The third-order valence-electron chi connectivity index (χ3n) is 10.8. The minimum Gasteiger partial charge on any atom is -0.394 e. The summed E-state index contributed by atoms with van der Waals surface area (Å²) >= 11 is 0. The minimum atomic E-state index is -0.871. The summed E-state index contributed by atoms with van der Waals surface area (Å²) in [5.41, 5.74) is 0. The van der Waals surface area contributed by atoms with E-state index in [1.54, 1.807) is 6.08 Å². The number of allylic oxidation sites excluding steroid dienone is 7. The first-order chi connectivity index (χ1) is 26.7. The zero-order chi connectivity index (χ0) is 39.3. The van der Waals surface area contributed by atoms with Gasteiger partial charge in [0.05, 0.1) is 18.8 Å². The van der Waals surface area contributed by atoms with Crippen LogP contribution in [0.4, 0.5) is 0 Å². The van der Waals surface area contributed by atoms with Crippen molar-refractivity contribution in [2.75, 3.05) is 6.61 Å². The van der Waals surface area contributed by atoms with Gasteiger partial charge in [0.1, 0.15) is 0 Å². The number of aliphatic hydroxyl groups is 2. The fraction of sp³-hybridized carbons (Fsp3) is 0.820. The van der Waals surface area contributed by atoms with Gasteiger partial charge in [-0.3, -0.25) is 4.79 Å². The Morgan fingerprint density at radius 2 is 0.722 bits per heavy atom. The van der Waals surface area contributed by atoms with E-state index in [4.69, 9.17) is 0 Å². The third-order valence-corrected chi connectivity index (χ3v) is 10.8. The fourth-order valence-electron chi connectivity index (χ4n) is 7.09. The van der Waals surface area contributed by atoms with Crippen LogP contribution in [0, 0.1) is 0 Å². The third kappa shape index (κ3) is 41.5. The maximum Gasteiger partial charge on any atom is 0.220 e. The van der Waals surface area contributed by atoms with E-state index < -0.39 is 12.1 Å². The summed E-state index contributed by atoms with van der Waals surface area (Å²) in [5.74, 6) is -0.0804. The molecule has 0 saturated carbocycles. The molecule has 0 rings (SSSR count). The zero-order valence-corrected chi connectivity index (χ0v) is 36.2. The van der Waals surface area contributed by atoms with Crippen molar-refractivity contribution in [3.05, 3.63) is 48.6 Å². The van der Waals surface area contributed by atoms with Crippen LogP contribution in [0.25, 0.3) is 0 Å². The van der Waals surface area contributed by atoms with Crippen molar-refractivity contribution in [2.45, 2.75) is 257 Å². The van der Waals surface area contributed by atoms with E-state index in [0.717, 1.165) is 38.5 Å². The van der Waals surface area contributed by atoms with Gasteiger partial charge in [-0.2, -0.15) is 0 Å². The van der Waals surface area contributed by atoms with E-state index in [1.807, 2.05) is 6.08 Å². The van der Waals surface area contributed by atoms with Crippen molar-refractivity contribution in [2.24, 2.45) is 0 Å². The van der Waals surface area contributed by atoms with Crippen LogP contribution in [0.15, 0.2) is 48.6 Å². The van der Waals surface area contributed by atoms with Crippen LogP contribution < -0.4 is 5.32 Å². The van der Waals surface area contributed by atoms with Crippen molar-refractivity contribution in [3.63, 3.8) is 0 Å². The van der Waals surface area contributed by atoms with Crippen LogP contribution in [0.5, 0.6) is 0 Å². The summed E-state index contributed by atoms with van der Waals surface area (Å²) < 4.78 is 0. The number of amides is 1. The summed E-state index contributed by atoms with van der Waals surface area (Å²) in [7, 11) is 0. The molecule has 2 unspecified atom stereocenters. The van der Waals surface area contributed by atoms with Gasteiger partial charge in [0.15, 0.2) is 0 Å². The second kappa shape index (κ2) is 45.7. The Balaban J connectivity index is 3.60. The first-order valence-electron chi connectivity index (χ1n) is 23.9. The highest BCUT2D eigenvalue weighted by atomic mass is 16.3. The van der Waals surface area contributed by atoms with Crippen LogP contribution in [0.3, 0.4) is 0 Å². The van der Waals surface area contributed by atoms with Crippen LogP contribution in [-0.4, -0.2) is 34.9 Å². The molecule has 316 valence electrons. The van der Waals surface area contributed by atoms with Gasteiger partial charge in [-0.05, 0) is 70.6 Å². The molecule has 0 aliphatic heterocycles. The molecule has 3 N–H and O–H groups in total. The molecule has 0 fully saturated rings. The number of aliphatic hydroxyl groups excluding tert-OH is 2. The molecule has 0 heterocycles. The predicted molar refractivity (Wildman–Crippen MR) is 239 cm³/mol. The van der Waals surface area contributed by atoms with Gasteiger partial charge in [0.25, 0.3) is 0 Å². The molecule has 0 aliphatic rings. The highest BCUT2D eigenvalue weighted by Crippen LogP contribution is 2.15. The van der Waals surface area contributed by atoms with Gasteiger partial charge in [0, 0.05) is 6.42 Å². The van der Waals surface area contributed by atoms with Gasteiger partial charge >= 0.3 is 0 Å². The average Bonchev–Trinajstić information content (AvgIpc) is 3.18. The number of carbonyl (C=O) groups is 1. The molecule has 0 aromatic carbocycles. The lowest BCUT2D eigenvalue weighted by atomic mass is 10.0. The maximum absolute atomic E-state index is 12.4. The number of carbonyl (C=O) groups excluding carboxylic acids is 1. The van der Waals surface area contributed by atoms with E-state index in [1.165, 1.54) is 186 Å². The van der Waals surface area contributed by atoms with Gasteiger partial charge in [0.2, 0.25) is 5.91 Å². The summed E-state index contributed by atoms with van der Waals surface area (Å²) in [6, 6.07) is -0.647. The summed E-state index contributed by atoms with van der Waals surface area (Å²) in [6.45, 7) is 4.30. The molecule has 54 heavy (non-hydrogen) atoms. The predicted octanol–water partition coefficient (Wildman–Crippen LogP) is 15.1. The fourth-order valence-corrected chi connectivity index (χ4v) is 7.09. The quantitative estimate of drug-likeness (QED) is 0.0429. The Labute approximate surface area is 337 Å². The molecule has 0 saturated heterocycles. The van der Waals surface area contributed by atoms with Gasteiger partial charge < -0.3 is 15.5 Å².